The summed E-state index contributed by atoms with van der Waals surface area (Å²) in [6.45, 7) is 1.72. The van der Waals surface area contributed by atoms with E-state index in [0.29, 0.717) is 0 Å². The van der Waals surface area contributed by atoms with Gasteiger partial charge in [0.1, 0.15) is 0 Å². The zero-order valence-electron chi connectivity index (χ0n) is 9.44. The molecule has 0 radical (unpaired) electrons. The molecule has 0 aliphatic heterocycles. The average Bonchev–Trinajstić information content (AvgIpc) is 2.77. The number of nitrogen functional groups attached to an aromatic ring is 1. The predicted octanol–water partition coefficient (Wildman–Crippen LogP) is 0.555. The summed E-state index contributed by atoms with van der Waals surface area (Å²) in [4.78, 5) is 3.93. The molecule has 0 spiro atoms. The molecule has 0 aromatic carbocycles. The highest BCUT2D eigenvalue weighted by atomic mass is 32.2. The second-order valence-electron chi connectivity index (χ2n) is 3.54. The van der Waals surface area contributed by atoms with Crippen LogP contribution in [0.2, 0.25) is 0 Å². The average molecular weight is 285 g/mol. The molecule has 0 fully saturated rings. The number of sulfonamides is 1. The standard InChI is InChI=1S/C9H11N5O2S2/c1-6(7-3-2-4-11-5-7)14-18(15,16)9-13-12-8(10)17-9/h2-6,14H,1H3,(H2,10,12). The molecule has 0 saturated heterocycles. The van der Waals surface area contributed by atoms with Crippen LogP contribution >= 0.6 is 11.3 Å². The van der Waals surface area contributed by atoms with Gasteiger partial charge in [0.05, 0.1) is 0 Å². The smallest absolute Gasteiger partial charge is 0.270 e. The molecular formula is C9H11N5O2S2. The zero-order valence-corrected chi connectivity index (χ0v) is 11.1. The molecule has 0 saturated carbocycles. The number of nitrogens with zero attached hydrogens (tertiary/aromatic N) is 3. The first-order valence-electron chi connectivity index (χ1n) is 5.00. The van der Waals surface area contributed by atoms with E-state index in [9.17, 15) is 8.42 Å². The summed E-state index contributed by atoms with van der Waals surface area (Å²) < 4.78 is 26.2. The first-order chi connectivity index (χ1) is 8.49. The van der Waals surface area contributed by atoms with E-state index in [1.165, 1.54) is 0 Å². The SMILES string of the molecule is CC(NS(=O)(=O)c1nnc(N)s1)c1cccnc1. The Hall–Kier alpha value is -1.58. The van der Waals surface area contributed by atoms with Crippen LogP contribution in [0, 0.1) is 0 Å². The van der Waals surface area contributed by atoms with Gasteiger partial charge in [-0.3, -0.25) is 4.98 Å². The molecule has 3 N–H and O–H groups in total. The molecule has 2 aromatic rings. The summed E-state index contributed by atoms with van der Waals surface area (Å²) in [5.41, 5.74) is 6.12. The van der Waals surface area contributed by atoms with Gasteiger partial charge in [-0.15, -0.1) is 10.2 Å². The van der Waals surface area contributed by atoms with Crippen molar-refractivity contribution in [3.63, 3.8) is 0 Å². The van der Waals surface area contributed by atoms with Crippen molar-refractivity contribution >= 4 is 26.5 Å². The molecule has 96 valence electrons. The van der Waals surface area contributed by atoms with Crippen LogP contribution in [-0.2, 0) is 10.0 Å². The zero-order chi connectivity index (χ0) is 13.2. The van der Waals surface area contributed by atoms with Crippen molar-refractivity contribution in [2.24, 2.45) is 0 Å². The lowest BCUT2D eigenvalue weighted by atomic mass is 10.2. The Morgan fingerprint density at radius 2 is 2.22 bits per heavy atom. The lowest BCUT2D eigenvalue weighted by Gasteiger charge is -2.12. The lowest BCUT2D eigenvalue weighted by Crippen LogP contribution is -2.26. The molecule has 1 unspecified atom stereocenters. The lowest BCUT2D eigenvalue weighted by molar-refractivity contribution is 0.564. The second kappa shape index (κ2) is 4.96. The molecule has 2 heterocycles. The van der Waals surface area contributed by atoms with Gasteiger partial charge in [-0.25, -0.2) is 13.1 Å². The highest BCUT2D eigenvalue weighted by molar-refractivity contribution is 7.91. The van der Waals surface area contributed by atoms with Gasteiger partial charge in [0.15, 0.2) is 0 Å². The van der Waals surface area contributed by atoms with Crippen LogP contribution in [0.15, 0.2) is 28.9 Å². The molecule has 2 rings (SSSR count). The Morgan fingerprint density at radius 1 is 1.44 bits per heavy atom. The number of anilines is 1. The van der Waals surface area contributed by atoms with E-state index in [1.54, 1.807) is 31.5 Å². The molecule has 1 atom stereocenters. The van der Waals surface area contributed by atoms with Gasteiger partial charge in [0.25, 0.3) is 10.0 Å². The number of rotatable bonds is 4. The van der Waals surface area contributed by atoms with E-state index in [1.807, 2.05) is 0 Å². The van der Waals surface area contributed by atoms with Crippen LogP contribution in [0.4, 0.5) is 5.13 Å². The third-order valence-electron chi connectivity index (χ3n) is 2.17. The third kappa shape index (κ3) is 2.81. The van der Waals surface area contributed by atoms with Gasteiger partial charge in [-0.2, -0.15) is 0 Å². The van der Waals surface area contributed by atoms with Gasteiger partial charge in [0, 0.05) is 18.4 Å². The summed E-state index contributed by atoms with van der Waals surface area (Å²) in [5.74, 6) is 0. The Bertz CT molecular complexity index is 625. The van der Waals surface area contributed by atoms with Gasteiger partial charge >= 0.3 is 0 Å². The predicted molar refractivity (Wildman–Crippen MR) is 67.3 cm³/mol. The van der Waals surface area contributed by atoms with Gasteiger partial charge < -0.3 is 5.73 Å². The van der Waals surface area contributed by atoms with Crippen LogP contribution in [0.5, 0.6) is 0 Å². The number of pyridine rings is 1. The van der Waals surface area contributed by atoms with Gasteiger partial charge in [-0.05, 0) is 18.6 Å². The van der Waals surface area contributed by atoms with Crippen molar-refractivity contribution in [1.29, 1.82) is 0 Å². The molecule has 0 bridgehead atoms. The Morgan fingerprint density at radius 3 is 2.78 bits per heavy atom. The van der Waals surface area contributed by atoms with E-state index in [-0.39, 0.29) is 9.47 Å². The first kappa shape index (κ1) is 12.9. The highest BCUT2D eigenvalue weighted by Gasteiger charge is 2.22. The third-order valence-corrected chi connectivity index (χ3v) is 4.83. The number of nitrogens with one attached hydrogen (secondary N) is 1. The van der Waals surface area contributed by atoms with E-state index in [2.05, 4.69) is 19.9 Å². The van der Waals surface area contributed by atoms with E-state index in [4.69, 9.17) is 5.73 Å². The minimum Gasteiger partial charge on any atom is -0.374 e. The summed E-state index contributed by atoms with van der Waals surface area (Å²) in [7, 11) is -3.70. The number of aromatic nitrogens is 3. The van der Waals surface area contributed by atoms with Crippen molar-refractivity contribution in [3.05, 3.63) is 30.1 Å². The van der Waals surface area contributed by atoms with Crippen LogP contribution in [0.3, 0.4) is 0 Å². The van der Waals surface area contributed by atoms with Crippen molar-refractivity contribution in [3.8, 4) is 0 Å². The number of hydrogen-bond acceptors (Lipinski definition) is 7. The monoisotopic (exact) mass is 285 g/mol. The van der Waals surface area contributed by atoms with Gasteiger partial charge in [-0.1, -0.05) is 17.4 Å². The normalized spacial score (nSPS) is 13.4. The van der Waals surface area contributed by atoms with Crippen LogP contribution in [0.25, 0.3) is 0 Å². The topological polar surface area (TPSA) is 111 Å². The summed E-state index contributed by atoms with van der Waals surface area (Å²) in [5, 5.41) is 7.10. The number of hydrogen-bond donors (Lipinski definition) is 2. The van der Waals surface area contributed by atoms with Gasteiger partial charge in [0.2, 0.25) is 9.47 Å². The first-order valence-corrected chi connectivity index (χ1v) is 7.30. The largest absolute Gasteiger partial charge is 0.374 e. The molecular weight excluding hydrogens is 274 g/mol. The van der Waals surface area contributed by atoms with Crippen LogP contribution in [-0.4, -0.2) is 23.6 Å². The maximum absolute atomic E-state index is 12.0. The van der Waals surface area contributed by atoms with Crippen molar-refractivity contribution in [1.82, 2.24) is 19.9 Å². The molecule has 2 aromatic heterocycles. The Kier molecular flexibility index (Phi) is 3.55. The highest BCUT2D eigenvalue weighted by Crippen LogP contribution is 2.19. The van der Waals surface area contributed by atoms with Crippen LogP contribution in [0.1, 0.15) is 18.5 Å². The molecule has 18 heavy (non-hydrogen) atoms. The number of nitrogens with two attached hydrogens (primary N) is 1. The Labute approximate surface area is 108 Å². The van der Waals surface area contributed by atoms with Crippen molar-refractivity contribution < 1.29 is 8.42 Å². The van der Waals surface area contributed by atoms with Crippen molar-refractivity contribution in [2.45, 2.75) is 17.3 Å². The maximum atomic E-state index is 12.0. The fourth-order valence-corrected chi connectivity index (χ4v) is 3.34. The summed E-state index contributed by atoms with van der Waals surface area (Å²) >= 11 is 0.821. The van der Waals surface area contributed by atoms with E-state index >= 15 is 0 Å². The van der Waals surface area contributed by atoms with E-state index < -0.39 is 16.1 Å². The van der Waals surface area contributed by atoms with Crippen molar-refractivity contribution in [2.75, 3.05) is 5.73 Å². The second-order valence-corrected chi connectivity index (χ2v) is 6.43. The summed E-state index contributed by atoms with van der Waals surface area (Å²) in [6, 6.07) is 3.12. The fraction of sp³-hybridized carbons (Fsp3) is 0.222. The fourth-order valence-electron chi connectivity index (χ4n) is 1.31. The molecule has 0 aliphatic carbocycles. The summed E-state index contributed by atoms with van der Waals surface area (Å²) in [6.07, 6.45) is 3.22. The van der Waals surface area contributed by atoms with E-state index in [0.717, 1.165) is 16.9 Å². The minimum absolute atomic E-state index is 0.115. The minimum atomic E-state index is -3.70. The quantitative estimate of drug-likeness (QED) is 0.849. The molecule has 9 heteroatoms. The maximum Gasteiger partial charge on any atom is 0.270 e. The molecule has 0 amide bonds. The Balaban J connectivity index is 2.19. The molecule has 7 nitrogen and oxygen atoms in total. The molecule has 0 aliphatic rings. The van der Waals surface area contributed by atoms with Crippen LogP contribution < -0.4 is 10.5 Å².